The van der Waals surface area contributed by atoms with Gasteiger partial charge in [-0.25, -0.2) is 0 Å². The minimum atomic E-state index is 0. The van der Waals surface area contributed by atoms with Gasteiger partial charge in [-0.2, -0.15) is 0 Å². The first-order valence-electron chi connectivity index (χ1n) is 6.89. The molecule has 0 bridgehead atoms. The third kappa shape index (κ3) is 5.57. The lowest BCUT2D eigenvalue weighted by Gasteiger charge is -2.40. The van der Waals surface area contributed by atoms with Gasteiger partial charge in [0.25, 0.3) is 0 Å². The second kappa shape index (κ2) is 8.00. The van der Waals surface area contributed by atoms with E-state index in [-0.39, 0.29) is 18.3 Å². The van der Waals surface area contributed by atoms with Gasteiger partial charge in [0.15, 0.2) is 0 Å². The molecule has 1 amide bonds. The van der Waals surface area contributed by atoms with Gasteiger partial charge in [-0.3, -0.25) is 4.79 Å². The molecule has 108 valence electrons. The molecule has 0 heterocycles. The predicted octanol–water partition coefficient (Wildman–Crippen LogP) is 2.74. The van der Waals surface area contributed by atoms with E-state index in [0.29, 0.717) is 23.8 Å². The van der Waals surface area contributed by atoms with Crippen LogP contribution in [0.5, 0.6) is 0 Å². The minimum absolute atomic E-state index is 0. The molecule has 1 rings (SSSR count). The Balaban J connectivity index is 0.00000289. The summed E-state index contributed by atoms with van der Waals surface area (Å²) in [6.45, 7) is 7.62. The molecule has 1 aliphatic rings. The molecule has 0 aliphatic heterocycles. The minimum Gasteiger partial charge on any atom is -0.353 e. The Bertz CT molecular complexity index is 251. The van der Waals surface area contributed by atoms with Gasteiger partial charge in [0.05, 0.1) is 0 Å². The lowest BCUT2D eigenvalue weighted by atomic mass is 9.69. The first kappa shape index (κ1) is 17.7. The van der Waals surface area contributed by atoms with E-state index in [0.717, 1.165) is 13.0 Å². The quantitative estimate of drug-likeness (QED) is 0.829. The maximum absolute atomic E-state index is 11.8. The van der Waals surface area contributed by atoms with Crippen molar-refractivity contribution in [2.75, 3.05) is 13.6 Å². The second-order valence-electron chi connectivity index (χ2n) is 6.28. The molecular formula is C14H29ClN2O. The van der Waals surface area contributed by atoms with Crippen LogP contribution in [0.3, 0.4) is 0 Å². The maximum Gasteiger partial charge on any atom is 0.221 e. The molecule has 2 N–H and O–H groups in total. The van der Waals surface area contributed by atoms with E-state index in [1.807, 2.05) is 7.05 Å². The highest BCUT2D eigenvalue weighted by Gasteiger charge is 2.34. The van der Waals surface area contributed by atoms with Crippen LogP contribution < -0.4 is 10.6 Å². The molecule has 0 saturated heterocycles. The fourth-order valence-electron chi connectivity index (χ4n) is 2.86. The van der Waals surface area contributed by atoms with Crippen molar-refractivity contribution in [3.8, 4) is 0 Å². The van der Waals surface area contributed by atoms with E-state index < -0.39 is 0 Å². The van der Waals surface area contributed by atoms with Crippen LogP contribution in [0.15, 0.2) is 0 Å². The van der Waals surface area contributed by atoms with E-state index in [1.165, 1.54) is 19.3 Å². The first-order chi connectivity index (χ1) is 7.95. The smallest absolute Gasteiger partial charge is 0.221 e. The first-order valence-corrected chi connectivity index (χ1v) is 6.89. The van der Waals surface area contributed by atoms with Crippen LogP contribution in [0.1, 0.15) is 52.9 Å². The van der Waals surface area contributed by atoms with Gasteiger partial charge >= 0.3 is 0 Å². The van der Waals surface area contributed by atoms with Crippen molar-refractivity contribution in [1.29, 1.82) is 0 Å². The number of hydrogen-bond donors (Lipinski definition) is 2. The molecule has 0 aromatic rings. The normalized spacial score (nSPS) is 24.2. The summed E-state index contributed by atoms with van der Waals surface area (Å²) in [7, 11) is 1.88. The van der Waals surface area contributed by atoms with Gasteiger partial charge in [0.1, 0.15) is 0 Å². The summed E-state index contributed by atoms with van der Waals surface area (Å²) >= 11 is 0. The SMILES string of the molecule is CNCCC(=O)NC1CCCCC1C(C)(C)C.Cl. The van der Waals surface area contributed by atoms with Crippen molar-refractivity contribution in [2.24, 2.45) is 11.3 Å². The fourth-order valence-corrected chi connectivity index (χ4v) is 2.86. The third-order valence-corrected chi connectivity index (χ3v) is 3.83. The number of rotatable bonds is 4. The maximum atomic E-state index is 11.8. The van der Waals surface area contributed by atoms with Crippen LogP contribution in [0.25, 0.3) is 0 Å². The summed E-state index contributed by atoms with van der Waals surface area (Å²) in [5.74, 6) is 0.815. The number of carbonyl (C=O) groups excluding carboxylic acids is 1. The summed E-state index contributed by atoms with van der Waals surface area (Å²) in [4.78, 5) is 11.8. The Labute approximate surface area is 118 Å². The average Bonchev–Trinajstić information content (AvgIpc) is 2.25. The van der Waals surface area contributed by atoms with Gasteiger partial charge in [-0.15, -0.1) is 12.4 Å². The molecule has 3 nitrogen and oxygen atoms in total. The van der Waals surface area contributed by atoms with Gasteiger partial charge in [0.2, 0.25) is 5.91 Å². The lowest BCUT2D eigenvalue weighted by Crippen LogP contribution is -2.47. The molecule has 1 aliphatic carbocycles. The Kier molecular flexibility index (Phi) is 7.88. The van der Waals surface area contributed by atoms with Gasteiger partial charge in [-0.05, 0) is 31.2 Å². The fraction of sp³-hybridized carbons (Fsp3) is 0.929. The monoisotopic (exact) mass is 276 g/mol. The van der Waals surface area contributed by atoms with Gasteiger partial charge in [0, 0.05) is 19.0 Å². The third-order valence-electron chi connectivity index (χ3n) is 3.83. The summed E-state index contributed by atoms with van der Waals surface area (Å²) < 4.78 is 0. The highest BCUT2D eigenvalue weighted by atomic mass is 35.5. The molecule has 0 spiro atoms. The molecule has 2 unspecified atom stereocenters. The van der Waals surface area contributed by atoms with Crippen molar-refractivity contribution in [3.05, 3.63) is 0 Å². The van der Waals surface area contributed by atoms with Crippen LogP contribution in [-0.2, 0) is 4.79 Å². The van der Waals surface area contributed by atoms with Crippen molar-refractivity contribution in [1.82, 2.24) is 10.6 Å². The van der Waals surface area contributed by atoms with E-state index >= 15 is 0 Å². The van der Waals surface area contributed by atoms with E-state index in [9.17, 15) is 4.79 Å². The topological polar surface area (TPSA) is 41.1 Å². The molecule has 18 heavy (non-hydrogen) atoms. The van der Waals surface area contributed by atoms with E-state index in [4.69, 9.17) is 0 Å². The number of carbonyl (C=O) groups is 1. The van der Waals surface area contributed by atoms with Crippen molar-refractivity contribution >= 4 is 18.3 Å². The van der Waals surface area contributed by atoms with Gasteiger partial charge < -0.3 is 10.6 Å². The molecule has 0 aromatic carbocycles. The van der Waals surface area contributed by atoms with Crippen LogP contribution in [0.2, 0.25) is 0 Å². The number of amides is 1. The predicted molar refractivity (Wildman–Crippen MR) is 79.1 cm³/mol. The summed E-state index contributed by atoms with van der Waals surface area (Å²) in [6, 6.07) is 0.383. The highest BCUT2D eigenvalue weighted by Crippen LogP contribution is 2.37. The van der Waals surface area contributed by atoms with Crippen LogP contribution in [0.4, 0.5) is 0 Å². The Morgan fingerprint density at radius 2 is 1.83 bits per heavy atom. The van der Waals surface area contributed by atoms with Gasteiger partial charge in [-0.1, -0.05) is 33.6 Å². The number of halogens is 1. The van der Waals surface area contributed by atoms with Crippen molar-refractivity contribution in [3.63, 3.8) is 0 Å². The van der Waals surface area contributed by atoms with Crippen LogP contribution in [0, 0.1) is 11.3 Å². The summed E-state index contributed by atoms with van der Waals surface area (Å²) in [5.41, 5.74) is 0.293. The number of nitrogens with one attached hydrogen (secondary N) is 2. The van der Waals surface area contributed by atoms with E-state index in [1.54, 1.807) is 0 Å². The number of hydrogen-bond acceptors (Lipinski definition) is 2. The van der Waals surface area contributed by atoms with Crippen LogP contribution >= 0.6 is 12.4 Å². The molecular weight excluding hydrogens is 248 g/mol. The summed E-state index contributed by atoms with van der Waals surface area (Å²) in [6.07, 6.45) is 5.55. The molecule has 0 radical (unpaired) electrons. The molecule has 1 saturated carbocycles. The molecule has 1 fully saturated rings. The molecule has 0 aromatic heterocycles. The van der Waals surface area contributed by atoms with E-state index in [2.05, 4.69) is 31.4 Å². The zero-order valence-electron chi connectivity index (χ0n) is 12.2. The Hall–Kier alpha value is -0.280. The zero-order valence-corrected chi connectivity index (χ0v) is 13.0. The molecule has 2 atom stereocenters. The van der Waals surface area contributed by atoms with Crippen LogP contribution in [-0.4, -0.2) is 25.5 Å². The lowest BCUT2D eigenvalue weighted by molar-refractivity contribution is -0.122. The Morgan fingerprint density at radius 3 is 2.39 bits per heavy atom. The average molecular weight is 277 g/mol. The largest absolute Gasteiger partial charge is 0.353 e. The standard InChI is InChI=1S/C14H28N2O.ClH/c1-14(2,3)11-7-5-6-8-12(11)16-13(17)9-10-15-4;/h11-12,15H,5-10H2,1-4H3,(H,16,17);1H. The van der Waals surface area contributed by atoms with Crippen molar-refractivity contribution in [2.45, 2.75) is 58.9 Å². The highest BCUT2D eigenvalue weighted by molar-refractivity contribution is 5.85. The Morgan fingerprint density at radius 1 is 1.22 bits per heavy atom. The second-order valence-corrected chi connectivity index (χ2v) is 6.28. The summed E-state index contributed by atoms with van der Waals surface area (Å²) in [5, 5.41) is 6.25. The van der Waals surface area contributed by atoms with Crippen molar-refractivity contribution < 1.29 is 4.79 Å². The zero-order chi connectivity index (χ0) is 12.9. The molecule has 4 heteroatoms.